The lowest BCUT2D eigenvalue weighted by atomic mass is 10.2. The molecule has 3 nitrogen and oxygen atoms in total. The molecule has 1 N–H and O–H groups in total. The van der Waals surface area contributed by atoms with Crippen molar-refractivity contribution in [3.63, 3.8) is 0 Å². The summed E-state index contributed by atoms with van der Waals surface area (Å²) in [5, 5.41) is 13.9. The number of halogens is 2. The summed E-state index contributed by atoms with van der Waals surface area (Å²) >= 11 is 15.6. The molecule has 0 bridgehead atoms. The van der Waals surface area contributed by atoms with E-state index in [-0.39, 0.29) is 5.25 Å². The number of hydrogen-bond acceptors (Lipinski definition) is 5. The van der Waals surface area contributed by atoms with Gasteiger partial charge in [-0.25, -0.2) is 0 Å². The van der Waals surface area contributed by atoms with Crippen molar-refractivity contribution in [2.75, 3.05) is 19.8 Å². The minimum Gasteiger partial charge on any atom is -0.393 e. The van der Waals surface area contributed by atoms with Crippen molar-refractivity contribution in [2.45, 2.75) is 5.25 Å². The van der Waals surface area contributed by atoms with Gasteiger partial charge in [-0.1, -0.05) is 29.3 Å². The van der Waals surface area contributed by atoms with Gasteiger partial charge in [0, 0.05) is 47.5 Å². The molecule has 116 valence electrons. The molecule has 22 heavy (non-hydrogen) atoms. The normalized spacial score (nSPS) is 20.0. The fraction of sp³-hybridized carbons (Fsp3) is 0.267. The summed E-state index contributed by atoms with van der Waals surface area (Å²) in [5.74, 6) is 0.885. The molecule has 0 aliphatic carbocycles. The summed E-state index contributed by atoms with van der Waals surface area (Å²) in [4.78, 5) is 1.82. The van der Waals surface area contributed by atoms with E-state index >= 15 is 0 Å². The third kappa shape index (κ3) is 4.08. The van der Waals surface area contributed by atoms with E-state index in [2.05, 4.69) is 11.4 Å². The zero-order chi connectivity index (χ0) is 16.1. The number of rotatable bonds is 4. The summed E-state index contributed by atoms with van der Waals surface area (Å²) < 4.78 is 1.02. The average Bonchev–Trinajstić information content (AvgIpc) is 2.95. The van der Waals surface area contributed by atoms with Crippen LogP contribution in [0.2, 0.25) is 10.0 Å². The van der Waals surface area contributed by atoms with Gasteiger partial charge in [0.25, 0.3) is 0 Å². The standard InChI is InChI=1S/C15H15Cl2N3S2/c1-19-5-6-20(2)13(8-18)15-21-9-14(22-15)11-4-3-10(16)7-12(11)17/h3-7,14,19H,9H2,1-2H3/b6-5-,15-13+/t14-/m1/s1. The maximum atomic E-state index is 9.43. The van der Waals surface area contributed by atoms with Crippen LogP contribution in [0.15, 0.2) is 40.5 Å². The molecule has 1 aliphatic heterocycles. The molecule has 1 saturated heterocycles. The van der Waals surface area contributed by atoms with Gasteiger partial charge < -0.3 is 10.2 Å². The van der Waals surface area contributed by atoms with E-state index in [4.69, 9.17) is 23.2 Å². The van der Waals surface area contributed by atoms with Gasteiger partial charge in [0.2, 0.25) is 0 Å². The minimum atomic E-state index is 0.231. The van der Waals surface area contributed by atoms with Crippen LogP contribution >= 0.6 is 46.7 Å². The lowest BCUT2D eigenvalue weighted by Gasteiger charge is -2.14. The molecule has 0 amide bonds. The zero-order valence-corrected chi connectivity index (χ0v) is 15.3. The lowest BCUT2D eigenvalue weighted by molar-refractivity contribution is 0.589. The van der Waals surface area contributed by atoms with Crippen LogP contribution in [0, 0.1) is 11.3 Å². The molecule has 0 aromatic heterocycles. The maximum absolute atomic E-state index is 9.43. The second-order valence-electron chi connectivity index (χ2n) is 4.55. The van der Waals surface area contributed by atoms with Gasteiger partial charge in [0.1, 0.15) is 11.8 Å². The van der Waals surface area contributed by atoms with Gasteiger partial charge in [-0.05, 0) is 17.7 Å². The molecule has 1 aromatic rings. The van der Waals surface area contributed by atoms with Crippen LogP contribution in [-0.4, -0.2) is 24.7 Å². The van der Waals surface area contributed by atoms with E-state index < -0.39 is 0 Å². The van der Waals surface area contributed by atoms with Crippen LogP contribution in [-0.2, 0) is 0 Å². The van der Waals surface area contributed by atoms with E-state index in [1.807, 2.05) is 37.3 Å². The van der Waals surface area contributed by atoms with Gasteiger partial charge >= 0.3 is 0 Å². The molecule has 1 aliphatic rings. The quantitative estimate of drug-likeness (QED) is 0.767. The minimum absolute atomic E-state index is 0.231. The van der Waals surface area contributed by atoms with Crippen molar-refractivity contribution in [3.8, 4) is 6.07 Å². The first-order chi connectivity index (χ1) is 10.6. The highest BCUT2D eigenvalue weighted by molar-refractivity contribution is 8.25. The number of hydrogen-bond donors (Lipinski definition) is 1. The number of nitriles is 1. The molecule has 2 rings (SSSR count). The molecular weight excluding hydrogens is 357 g/mol. The third-order valence-corrected chi connectivity index (χ3v) is 6.52. The number of nitrogens with zero attached hydrogens (tertiary/aromatic N) is 2. The van der Waals surface area contributed by atoms with Gasteiger partial charge in [0.15, 0.2) is 0 Å². The van der Waals surface area contributed by atoms with Gasteiger partial charge in [-0.15, -0.1) is 23.5 Å². The van der Waals surface area contributed by atoms with E-state index in [0.29, 0.717) is 15.7 Å². The number of nitrogens with one attached hydrogen (secondary N) is 1. The van der Waals surface area contributed by atoms with E-state index in [9.17, 15) is 5.26 Å². The number of thioether (sulfide) groups is 2. The van der Waals surface area contributed by atoms with Crippen molar-refractivity contribution in [1.29, 1.82) is 5.26 Å². The van der Waals surface area contributed by atoms with E-state index in [0.717, 1.165) is 15.6 Å². The molecule has 0 unspecified atom stereocenters. The van der Waals surface area contributed by atoms with Gasteiger partial charge in [-0.3, -0.25) is 0 Å². The van der Waals surface area contributed by atoms with Gasteiger partial charge in [-0.2, -0.15) is 5.26 Å². The highest BCUT2D eigenvalue weighted by Crippen LogP contribution is 2.52. The molecule has 1 heterocycles. The maximum Gasteiger partial charge on any atom is 0.140 e. The highest BCUT2D eigenvalue weighted by Gasteiger charge is 2.27. The Balaban J connectivity index is 2.22. The lowest BCUT2D eigenvalue weighted by Crippen LogP contribution is -2.11. The zero-order valence-electron chi connectivity index (χ0n) is 12.1. The Kier molecular flexibility index (Phi) is 6.39. The van der Waals surface area contributed by atoms with Gasteiger partial charge in [0.05, 0.1) is 4.24 Å². The van der Waals surface area contributed by atoms with Crippen molar-refractivity contribution in [2.24, 2.45) is 0 Å². The SMILES string of the molecule is CN/C=C\N(C)/C(C#N)=C1\SC[C@H](c2ccc(Cl)cc2Cl)S1. The Morgan fingerprint density at radius 1 is 1.50 bits per heavy atom. The molecule has 7 heteroatoms. The van der Waals surface area contributed by atoms with Crippen LogP contribution in [0.25, 0.3) is 0 Å². The van der Waals surface area contributed by atoms with Crippen molar-refractivity contribution in [1.82, 2.24) is 10.2 Å². The Morgan fingerprint density at radius 2 is 2.27 bits per heavy atom. The van der Waals surface area contributed by atoms with Crippen LogP contribution in [0.4, 0.5) is 0 Å². The van der Waals surface area contributed by atoms with E-state index in [1.54, 1.807) is 35.8 Å². The number of benzene rings is 1. The molecular formula is C15H15Cl2N3S2. The van der Waals surface area contributed by atoms with Crippen molar-refractivity contribution in [3.05, 3.63) is 56.1 Å². The summed E-state index contributed by atoms with van der Waals surface area (Å²) in [7, 11) is 3.68. The molecule has 1 atom stereocenters. The molecule has 1 fully saturated rings. The smallest absolute Gasteiger partial charge is 0.140 e. The third-order valence-electron chi connectivity index (χ3n) is 3.04. The first kappa shape index (κ1) is 17.4. The van der Waals surface area contributed by atoms with Crippen molar-refractivity contribution < 1.29 is 0 Å². The first-order valence-corrected chi connectivity index (χ1v) is 9.14. The Morgan fingerprint density at radius 3 is 2.91 bits per heavy atom. The predicted octanol–water partition coefficient (Wildman–Crippen LogP) is 4.83. The summed E-state index contributed by atoms with van der Waals surface area (Å²) in [5.41, 5.74) is 1.71. The van der Waals surface area contributed by atoms with Crippen LogP contribution < -0.4 is 5.32 Å². The second kappa shape index (κ2) is 8.07. The summed E-state index contributed by atoms with van der Waals surface area (Å²) in [6.45, 7) is 0. The first-order valence-electron chi connectivity index (χ1n) is 6.52. The molecule has 0 spiro atoms. The topological polar surface area (TPSA) is 39.1 Å². The van der Waals surface area contributed by atoms with Crippen LogP contribution in [0.5, 0.6) is 0 Å². The van der Waals surface area contributed by atoms with E-state index in [1.165, 1.54) is 0 Å². The summed E-state index contributed by atoms with van der Waals surface area (Å²) in [6.07, 6.45) is 3.62. The average molecular weight is 372 g/mol. The summed E-state index contributed by atoms with van der Waals surface area (Å²) in [6, 6.07) is 7.85. The number of allylic oxidation sites excluding steroid dienone is 1. The molecule has 0 radical (unpaired) electrons. The largest absolute Gasteiger partial charge is 0.393 e. The Hall–Kier alpha value is -0.930. The second-order valence-corrected chi connectivity index (χ2v) is 7.89. The Bertz CT molecular complexity index is 653. The molecule has 1 aromatic carbocycles. The molecule has 0 saturated carbocycles. The monoisotopic (exact) mass is 371 g/mol. The highest BCUT2D eigenvalue weighted by atomic mass is 35.5. The fourth-order valence-corrected chi connectivity index (χ4v) is 5.52. The Labute approximate surface area is 149 Å². The van der Waals surface area contributed by atoms with Crippen molar-refractivity contribution >= 4 is 46.7 Å². The fourth-order valence-electron chi connectivity index (χ4n) is 1.92. The van der Waals surface area contributed by atoms with Crippen LogP contribution in [0.3, 0.4) is 0 Å². The predicted molar refractivity (Wildman–Crippen MR) is 97.9 cm³/mol. The van der Waals surface area contributed by atoms with Crippen LogP contribution in [0.1, 0.15) is 10.8 Å².